The number of hydrogen-bond acceptors (Lipinski definition) is 2. The monoisotopic (exact) mass is 244 g/mol. The molecule has 1 fully saturated rings. The van der Waals surface area contributed by atoms with E-state index in [-0.39, 0.29) is 0 Å². The lowest BCUT2D eigenvalue weighted by molar-refractivity contribution is 0.240. The van der Waals surface area contributed by atoms with Crippen LogP contribution in [-0.2, 0) is 15.5 Å². The van der Waals surface area contributed by atoms with Crippen LogP contribution in [0.4, 0.5) is 0 Å². The summed E-state index contributed by atoms with van der Waals surface area (Å²) in [6, 6.07) is 0. The predicted molar refractivity (Wildman–Crippen MR) is 69.9 cm³/mol. The molecule has 1 aliphatic heterocycles. The van der Waals surface area contributed by atoms with Crippen LogP contribution in [-0.4, -0.2) is 21.8 Å². The second-order valence-corrected chi connectivity index (χ2v) is 6.23. The van der Waals surface area contributed by atoms with Crippen molar-refractivity contribution in [1.29, 1.82) is 0 Å². The van der Waals surface area contributed by atoms with E-state index in [4.69, 9.17) is 4.74 Å². The molecule has 94 valence electrons. The largest absolute Gasteiger partial charge is 0.502 e. The minimum absolute atomic E-state index is 0.425. The molecule has 0 aromatic rings. The third-order valence-corrected chi connectivity index (χ3v) is 4.92. The number of rotatable bonds is 5. The molecule has 0 spiro atoms. The maximum atomic E-state index is 11.9. The molecule has 0 saturated carbocycles. The Hall–Kier alpha value is -0.310. The van der Waals surface area contributed by atoms with Crippen LogP contribution in [0.1, 0.15) is 51.9 Å². The zero-order chi connectivity index (χ0) is 11.6. The van der Waals surface area contributed by atoms with Gasteiger partial charge in [0.1, 0.15) is 0 Å². The Morgan fingerprint density at radius 3 is 2.94 bits per heavy atom. The maximum absolute atomic E-state index is 11.9. The van der Waals surface area contributed by atoms with Crippen molar-refractivity contribution in [3.63, 3.8) is 0 Å². The Balaban J connectivity index is 2.18. The lowest BCUT2D eigenvalue weighted by Crippen LogP contribution is -2.20. The summed E-state index contributed by atoms with van der Waals surface area (Å²) in [4.78, 5) is 0. The Labute approximate surface area is 102 Å². The standard InChI is InChI=1S/C13H24O2S/c1-2-10-15-11-7-9-13-8-5-3-4-6-12-16(13)14/h2,10,13H,3-9,11-12H2,1H3/b10-2+. The van der Waals surface area contributed by atoms with Gasteiger partial charge in [-0.25, -0.2) is 0 Å². The molecule has 1 rings (SSSR count). The Kier molecular flexibility index (Phi) is 7.56. The molecule has 0 aromatic carbocycles. The molecular weight excluding hydrogens is 220 g/mol. The van der Waals surface area contributed by atoms with Crippen molar-refractivity contribution in [3.8, 4) is 0 Å². The fourth-order valence-corrected chi connectivity index (χ4v) is 3.78. The lowest BCUT2D eigenvalue weighted by Gasteiger charge is -2.19. The van der Waals surface area contributed by atoms with E-state index in [0.717, 1.165) is 38.0 Å². The van der Waals surface area contributed by atoms with E-state index in [1.807, 2.05) is 13.0 Å². The highest BCUT2D eigenvalue weighted by atomic mass is 32.2. The van der Waals surface area contributed by atoms with Gasteiger partial charge < -0.3 is 4.74 Å². The molecule has 0 bridgehead atoms. The summed E-state index contributed by atoms with van der Waals surface area (Å²) in [5.41, 5.74) is 0. The fourth-order valence-electron chi connectivity index (χ4n) is 2.10. The molecular formula is C13H24O2S. The fraction of sp³-hybridized carbons (Fsp3) is 0.846. The average Bonchev–Trinajstić information content (AvgIpc) is 2.27. The first-order valence-corrected chi connectivity index (χ1v) is 7.82. The van der Waals surface area contributed by atoms with E-state index < -0.39 is 10.8 Å². The van der Waals surface area contributed by atoms with Crippen molar-refractivity contribution in [3.05, 3.63) is 12.3 Å². The Morgan fingerprint density at radius 2 is 2.12 bits per heavy atom. The zero-order valence-electron chi connectivity index (χ0n) is 10.3. The summed E-state index contributed by atoms with van der Waals surface area (Å²) in [6.07, 6.45) is 11.9. The van der Waals surface area contributed by atoms with E-state index in [1.54, 1.807) is 6.26 Å². The second-order valence-electron chi connectivity index (χ2n) is 4.39. The SMILES string of the molecule is C/C=C/OCCCC1CCCCCCS1=O. The van der Waals surface area contributed by atoms with Crippen LogP contribution in [0.5, 0.6) is 0 Å². The molecule has 0 aromatic heterocycles. The Morgan fingerprint density at radius 1 is 1.31 bits per heavy atom. The molecule has 3 heteroatoms. The van der Waals surface area contributed by atoms with Crippen LogP contribution in [0.15, 0.2) is 12.3 Å². The molecule has 16 heavy (non-hydrogen) atoms. The van der Waals surface area contributed by atoms with Gasteiger partial charge in [-0.15, -0.1) is 0 Å². The maximum Gasteiger partial charge on any atom is 0.0873 e. The minimum Gasteiger partial charge on any atom is -0.502 e. The molecule has 0 N–H and O–H groups in total. The average molecular weight is 244 g/mol. The van der Waals surface area contributed by atoms with Gasteiger partial charge >= 0.3 is 0 Å². The van der Waals surface area contributed by atoms with Gasteiger partial charge in [-0.1, -0.05) is 25.3 Å². The first-order valence-electron chi connectivity index (χ1n) is 6.44. The van der Waals surface area contributed by atoms with Crippen molar-refractivity contribution >= 4 is 10.8 Å². The Bertz CT molecular complexity index is 226. The van der Waals surface area contributed by atoms with Crippen molar-refractivity contribution in [2.45, 2.75) is 57.1 Å². The summed E-state index contributed by atoms with van der Waals surface area (Å²) in [6.45, 7) is 2.71. The number of hydrogen-bond donors (Lipinski definition) is 0. The van der Waals surface area contributed by atoms with Crippen LogP contribution in [0.3, 0.4) is 0 Å². The van der Waals surface area contributed by atoms with Crippen molar-refractivity contribution in [2.75, 3.05) is 12.4 Å². The van der Waals surface area contributed by atoms with Crippen LogP contribution < -0.4 is 0 Å². The number of allylic oxidation sites excluding steroid dienone is 1. The quantitative estimate of drug-likeness (QED) is 0.547. The highest BCUT2D eigenvalue weighted by molar-refractivity contribution is 7.85. The molecule has 2 nitrogen and oxygen atoms in total. The third-order valence-electron chi connectivity index (χ3n) is 3.01. The van der Waals surface area contributed by atoms with Crippen LogP contribution in [0.2, 0.25) is 0 Å². The smallest absolute Gasteiger partial charge is 0.0873 e. The minimum atomic E-state index is -0.587. The van der Waals surface area contributed by atoms with E-state index in [2.05, 4.69) is 0 Å². The lowest BCUT2D eigenvalue weighted by atomic mass is 10.1. The molecule has 1 saturated heterocycles. The van der Waals surface area contributed by atoms with Crippen molar-refractivity contribution in [1.82, 2.24) is 0 Å². The second kappa shape index (κ2) is 8.80. The summed E-state index contributed by atoms with van der Waals surface area (Å²) < 4.78 is 17.2. The van der Waals surface area contributed by atoms with Gasteiger partial charge in [0.25, 0.3) is 0 Å². The van der Waals surface area contributed by atoms with Gasteiger partial charge in [-0.3, -0.25) is 4.21 Å². The summed E-state index contributed by atoms with van der Waals surface area (Å²) in [7, 11) is -0.587. The van der Waals surface area contributed by atoms with Crippen LogP contribution >= 0.6 is 0 Å². The summed E-state index contributed by atoms with van der Waals surface area (Å²) >= 11 is 0. The molecule has 0 amide bonds. The summed E-state index contributed by atoms with van der Waals surface area (Å²) in [5.74, 6) is 0.917. The summed E-state index contributed by atoms with van der Waals surface area (Å²) in [5, 5.41) is 0.425. The molecule has 0 aliphatic carbocycles. The van der Waals surface area contributed by atoms with Gasteiger partial charge in [0.15, 0.2) is 0 Å². The molecule has 2 atom stereocenters. The topological polar surface area (TPSA) is 26.3 Å². The van der Waals surface area contributed by atoms with Gasteiger partial charge in [-0.2, -0.15) is 0 Å². The van der Waals surface area contributed by atoms with E-state index >= 15 is 0 Å². The van der Waals surface area contributed by atoms with Gasteiger partial charge in [-0.05, 0) is 32.6 Å². The van der Waals surface area contributed by atoms with Crippen LogP contribution in [0, 0.1) is 0 Å². The first-order chi connectivity index (χ1) is 7.84. The molecule has 0 radical (unpaired) electrons. The highest BCUT2D eigenvalue weighted by Gasteiger charge is 2.17. The number of ether oxygens (including phenoxy) is 1. The van der Waals surface area contributed by atoms with Gasteiger partial charge in [0.2, 0.25) is 0 Å². The zero-order valence-corrected chi connectivity index (χ0v) is 11.1. The molecule has 1 aliphatic rings. The van der Waals surface area contributed by atoms with E-state index in [1.165, 1.54) is 19.3 Å². The molecule has 1 heterocycles. The van der Waals surface area contributed by atoms with Crippen molar-refractivity contribution in [2.24, 2.45) is 0 Å². The normalized spacial score (nSPS) is 27.6. The van der Waals surface area contributed by atoms with Crippen LogP contribution in [0.25, 0.3) is 0 Å². The van der Waals surface area contributed by atoms with Crippen molar-refractivity contribution < 1.29 is 8.95 Å². The van der Waals surface area contributed by atoms with Gasteiger partial charge in [0, 0.05) is 21.8 Å². The van der Waals surface area contributed by atoms with E-state index in [0.29, 0.717) is 5.25 Å². The predicted octanol–water partition coefficient (Wildman–Crippen LogP) is 3.40. The first kappa shape index (κ1) is 13.8. The van der Waals surface area contributed by atoms with E-state index in [9.17, 15) is 4.21 Å². The highest BCUT2D eigenvalue weighted by Crippen LogP contribution is 2.19. The molecule has 2 unspecified atom stereocenters. The third kappa shape index (κ3) is 5.69. The van der Waals surface area contributed by atoms with Gasteiger partial charge in [0.05, 0.1) is 12.9 Å².